The Bertz CT molecular complexity index is 842. The van der Waals surface area contributed by atoms with E-state index in [-0.39, 0.29) is 18.0 Å². The van der Waals surface area contributed by atoms with Crippen molar-refractivity contribution in [1.82, 2.24) is 14.9 Å². The van der Waals surface area contributed by atoms with Crippen LogP contribution in [0.1, 0.15) is 43.0 Å². The van der Waals surface area contributed by atoms with E-state index in [0.717, 1.165) is 21.7 Å². The second-order valence-corrected chi connectivity index (χ2v) is 8.37. The number of aryl methyl sites for hydroxylation is 2. The molecule has 2 heterocycles. The molecule has 0 radical (unpaired) electrons. The summed E-state index contributed by atoms with van der Waals surface area (Å²) in [5.74, 6) is 0.395. The summed E-state index contributed by atoms with van der Waals surface area (Å²) in [4.78, 5) is 30.9. The van der Waals surface area contributed by atoms with E-state index in [2.05, 4.69) is 17.2 Å². The van der Waals surface area contributed by atoms with Crippen molar-refractivity contribution < 1.29 is 9.53 Å². The molecular formula is C19H27N3O3S. The Morgan fingerprint density at radius 2 is 2.15 bits per heavy atom. The molecule has 26 heavy (non-hydrogen) atoms. The van der Waals surface area contributed by atoms with Gasteiger partial charge in [-0.3, -0.25) is 14.2 Å². The van der Waals surface area contributed by atoms with Crippen LogP contribution < -0.4 is 10.9 Å². The molecule has 1 aliphatic carbocycles. The van der Waals surface area contributed by atoms with Crippen molar-refractivity contribution in [1.29, 1.82) is 0 Å². The number of rotatable bonds is 6. The zero-order valence-corrected chi connectivity index (χ0v) is 16.5. The van der Waals surface area contributed by atoms with Gasteiger partial charge >= 0.3 is 0 Å². The zero-order chi connectivity index (χ0) is 18.7. The Hall–Kier alpha value is -1.73. The molecule has 0 spiro atoms. The Balaban J connectivity index is 1.52. The lowest BCUT2D eigenvalue weighted by Crippen LogP contribution is -2.35. The van der Waals surface area contributed by atoms with Gasteiger partial charge in [-0.1, -0.05) is 19.8 Å². The highest BCUT2D eigenvalue weighted by Crippen LogP contribution is 2.26. The lowest BCUT2D eigenvalue weighted by atomic mass is 9.88. The minimum atomic E-state index is -0.196. The molecule has 0 aromatic carbocycles. The van der Waals surface area contributed by atoms with Crippen molar-refractivity contribution in [3.05, 3.63) is 27.1 Å². The molecule has 142 valence electrons. The smallest absolute Gasteiger partial charge is 0.262 e. The predicted octanol–water partition coefficient (Wildman–Crippen LogP) is 2.79. The molecule has 1 saturated carbocycles. The van der Waals surface area contributed by atoms with Crippen LogP contribution >= 0.6 is 11.3 Å². The maximum Gasteiger partial charge on any atom is 0.262 e. The van der Waals surface area contributed by atoms with Crippen LogP contribution in [0.4, 0.5) is 0 Å². The number of nitrogens with one attached hydrogen (secondary N) is 1. The molecule has 0 unspecified atom stereocenters. The number of thiophene rings is 1. The quantitative estimate of drug-likeness (QED) is 0.786. The fraction of sp³-hybridized carbons (Fsp3) is 0.632. The maximum atomic E-state index is 12.6. The number of carbonyl (C=O) groups is 1. The minimum absolute atomic E-state index is 0.0179. The standard InChI is InChI=1S/C19H27N3O3S/c1-12-6-4-5-7-15(12)25-9-8-20-16(23)10-22-11-21-18-17(19(22)24)13(2)14(3)26-18/h11-12,15H,4-10H2,1-3H3,(H,20,23)/t12-,15-/m0/s1. The van der Waals surface area contributed by atoms with Crippen molar-refractivity contribution in [2.45, 2.75) is 59.1 Å². The van der Waals surface area contributed by atoms with Crippen molar-refractivity contribution in [2.24, 2.45) is 5.92 Å². The van der Waals surface area contributed by atoms with E-state index in [1.807, 2.05) is 13.8 Å². The molecule has 1 N–H and O–H groups in total. The lowest BCUT2D eigenvalue weighted by Gasteiger charge is -2.28. The summed E-state index contributed by atoms with van der Waals surface area (Å²) in [5.41, 5.74) is 0.798. The van der Waals surface area contributed by atoms with E-state index in [9.17, 15) is 9.59 Å². The van der Waals surface area contributed by atoms with Crippen LogP contribution in [0.15, 0.2) is 11.1 Å². The molecule has 1 aliphatic rings. The van der Waals surface area contributed by atoms with E-state index < -0.39 is 0 Å². The summed E-state index contributed by atoms with van der Waals surface area (Å²) in [6.07, 6.45) is 6.60. The Morgan fingerprint density at radius 1 is 1.38 bits per heavy atom. The van der Waals surface area contributed by atoms with Crippen molar-refractivity contribution in [3.63, 3.8) is 0 Å². The van der Waals surface area contributed by atoms with Crippen molar-refractivity contribution in [3.8, 4) is 0 Å². The number of aromatic nitrogens is 2. The van der Waals surface area contributed by atoms with Crippen molar-refractivity contribution >= 4 is 27.5 Å². The van der Waals surface area contributed by atoms with Crippen LogP contribution in [0.2, 0.25) is 0 Å². The summed E-state index contributed by atoms with van der Waals surface area (Å²) in [7, 11) is 0. The number of hydrogen-bond donors (Lipinski definition) is 1. The molecule has 1 amide bonds. The van der Waals surface area contributed by atoms with Crippen molar-refractivity contribution in [2.75, 3.05) is 13.2 Å². The van der Waals surface area contributed by atoms with Gasteiger partial charge in [0.2, 0.25) is 5.91 Å². The number of amides is 1. The van der Waals surface area contributed by atoms with E-state index in [4.69, 9.17) is 4.74 Å². The van der Waals surface area contributed by atoms with Crippen LogP contribution in [0.5, 0.6) is 0 Å². The number of hydrogen-bond acceptors (Lipinski definition) is 5. The molecular weight excluding hydrogens is 350 g/mol. The normalized spacial score (nSPS) is 20.4. The van der Waals surface area contributed by atoms with Gasteiger partial charge in [-0.25, -0.2) is 4.98 Å². The predicted molar refractivity (Wildman–Crippen MR) is 104 cm³/mol. The molecule has 1 fully saturated rings. The molecule has 2 atom stereocenters. The van der Waals surface area contributed by atoms with E-state index in [1.165, 1.54) is 41.5 Å². The summed E-state index contributed by atoms with van der Waals surface area (Å²) < 4.78 is 7.28. The fourth-order valence-electron chi connectivity index (χ4n) is 3.52. The highest BCUT2D eigenvalue weighted by molar-refractivity contribution is 7.18. The molecule has 2 aromatic rings. The molecule has 6 nitrogen and oxygen atoms in total. The van der Waals surface area contributed by atoms with E-state index in [0.29, 0.717) is 30.6 Å². The first-order valence-electron chi connectivity index (χ1n) is 9.31. The zero-order valence-electron chi connectivity index (χ0n) is 15.7. The fourth-order valence-corrected chi connectivity index (χ4v) is 4.51. The van der Waals surface area contributed by atoms with E-state index >= 15 is 0 Å². The molecule has 0 aliphatic heterocycles. The third-order valence-corrected chi connectivity index (χ3v) is 6.37. The number of carbonyl (C=O) groups excluding carboxylic acids is 1. The first-order valence-corrected chi connectivity index (χ1v) is 10.1. The Labute approximate surface area is 157 Å². The monoisotopic (exact) mass is 377 g/mol. The van der Waals surface area contributed by atoms with Gasteiger partial charge in [-0.2, -0.15) is 0 Å². The van der Waals surface area contributed by atoms with Crippen LogP contribution in [0, 0.1) is 19.8 Å². The largest absolute Gasteiger partial charge is 0.376 e. The number of fused-ring (bicyclic) bond motifs is 1. The maximum absolute atomic E-state index is 12.6. The van der Waals surface area contributed by atoms with Gasteiger partial charge in [0.15, 0.2) is 0 Å². The van der Waals surface area contributed by atoms with Gasteiger partial charge in [0.05, 0.1) is 24.4 Å². The van der Waals surface area contributed by atoms with Crippen LogP contribution in [-0.2, 0) is 16.1 Å². The summed E-state index contributed by atoms with van der Waals surface area (Å²) in [6.45, 7) is 7.08. The van der Waals surface area contributed by atoms with Crippen LogP contribution in [0.25, 0.3) is 10.2 Å². The second-order valence-electron chi connectivity index (χ2n) is 7.16. The van der Waals surface area contributed by atoms with Gasteiger partial charge in [0.1, 0.15) is 11.4 Å². The minimum Gasteiger partial charge on any atom is -0.376 e. The van der Waals surface area contributed by atoms with Gasteiger partial charge in [0, 0.05) is 11.4 Å². The molecule has 0 bridgehead atoms. The van der Waals surface area contributed by atoms with Gasteiger partial charge in [-0.05, 0) is 38.2 Å². The average Bonchev–Trinajstić information content (AvgIpc) is 2.91. The van der Waals surface area contributed by atoms with Gasteiger partial charge < -0.3 is 10.1 Å². The average molecular weight is 378 g/mol. The third kappa shape index (κ3) is 4.15. The summed E-state index contributed by atoms with van der Waals surface area (Å²) in [5, 5.41) is 3.45. The number of nitrogens with zero attached hydrogens (tertiary/aromatic N) is 2. The molecule has 3 rings (SSSR count). The highest BCUT2D eigenvalue weighted by atomic mass is 32.1. The first-order chi connectivity index (χ1) is 12.5. The van der Waals surface area contributed by atoms with Crippen LogP contribution in [-0.4, -0.2) is 34.7 Å². The Morgan fingerprint density at radius 3 is 2.92 bits per heavy atom. The second kappa shape index (κ2) is 8.31. The molecule has 0 saturated heterocycles. The highest BCUT2D eigenvalue weighted by Gasteiger charge is 2.21. The van der Waals surface area contributed by atoms with E-state index in [1.54, 1.807) is 0 Å². The molecule has 2 aromatic heterocycles. The molecule has 7 heteroatoms. The number of ether oxygens (including phenoxy) is 1. The summed E-state index contributed by atoms with van der Waals surface area (Å²) >= 11 is 1.51. The first kappa shape index (κ1) is 19.0. The Kier molecular flexibility index (Phi) is 6.09. The third-order valence-electron chi connectivity index (χ3n) is 5.26. The SMILES string of the molecule is Cc1sc2ncn(CC(=O)NCCO[C@H]3CCCC[C@@H]3C)c(=O)c2c1C. The van der Waals surface area contributed by atoms with Gasteiger partial charge in [0.25, 0.3) is 5.56 Å². The lowest BCUT2D eigenvalue weighted by molar-refractivity contribution is -0.122. The van der Waals surface area contributed by atoms with Gasteiger partial charge in [-0.15, -0.1) is 11.3 Å². The topological polar surface area (TPSA) is 73.2 Å². The summed E-state index contributed by atoms with van der Waals surface area (Å²) in [6, 6.07) is 0. The van der Waals surface area contributed by atoms with Crippen LogP contribution in [0.3, 0.4) is 0 Å².